The number of hydrogen-bond acceptors (Lipinski definition) is 4. The number of carbonyl (C=O) groups is 2. The SMILES string of the molecule is C[C@@H]1CN(C(=O)CN2C(=O)CSc3ccccc32)C[C@H](C)O1. The zero-order valence-electron chi connectivity index (χ0n) is 12.8. The molecule has 1 saturated heterocycles. The molecular weight excluding hydrogens is 300 g/mol. The maximum Gasteiger partial charge on any atom is 0.242 e. The van der Waals surface area contributed by atoms with Gasteiger partial charge in [-0.25, -0.2) is 0 Å². The van der Waals surface area contributed by atoms with Gasteiger partial charge in [0, 0.05) is 18.0 Å². The summed E-state index contributed by atoms with van der Waals surface area (Å²) in [6.45, 7) is 5.21. The topological polar surface area (TPSA) is 49.9 Å². The Hall–Kier alpha value is -1.53. The molecule has 2 atom stereocenters. The summed E-state index contributed by atoms with van der Waals surface area (Å²) in [4.78, 5) is 29.3. The first kappa shape index (κ1) is 15.4. The molecule has 1 aromatic carbocycles. The number of anilines is 1. The monoisotopic (exact) mass is 320 g/mol. The molecule has 0 aliphatic carbocycles. The van der Waals surface area contributed by atoms with Gasteiger partial charge < -0.3 is 14.5 Å². The van der Waals surface area contributed by atoms with Crippen molar-refractivity contribution in [2.24, 2.45) is 0 Å². The normalized spacial score (nSPS) is 25.1. The van der Waals surface area contributed by atoms with E-state index in [0.29, 0.717) is 18.8 Å². The number of nitrogens with zero attached hydrogens (tertiary/aromatic N) is 2. The highest BCUT2D eigenvalue weighted by atomic mass is 32.2. The molecule has 0 spiro atoms. The van der Waals surface area contributed by atoms with E-state index < -0.39 is 0 Å². The number of thioether (sulfide) groups is 1. The largest absolute Gasteiger partial charge is 0.372 e. The van der Waals surface area contributed by atoms with Crippen molar-refractivity contribution in [3.8, 4) is 0 Å². The molecule has 5 nitrogen and oxygen atoms in total. The number of para-hydroxylation sites is 1. The molecule has 0 bridgehead atoms. The number of ether oxygens (including phenoxy) is 1. The minimum absolute atomic E-state index is 0.00796. The van der Waals surface area contributed by atoms with Crippen molar-refractivity contribution >= 4 is 29.3 Å². The number of amides is 2. The Bertz CT molecular complexity index is 583. The molecule has 22 heavy (non-hydrogen) atoms. The van der Waals surface area contributed by atoms with Crippen LogP contribution in [-0.4, -0.2) is 54.3 Å². The van der Waals surface area contributed by atoms with E-state index in [9.17, 15) is 9.59 Å². The van der Waals surface area contributed by atoms with E-state index in [4.69, 9.17) is 4.74 Å². The van der Waals surface area contributed by atoms with Gasteiger partial charge >= 0.3 is 0 Å². The fourth-order valence-corrected chi connectivity index (χ4v) is 3.88. The maximum atomic E-state index is 12.6. The van der Waals surface area contributed by atoms with Crippen LogP contribution in [0.1, 0.15) is 13.8 Å². The van der Waals surface area contributed by atoms with Gasteiger partial charge in [0.15, 0.2) is 0 Å². The van der Waals surface area contributed by atoms with E-state index in [1.807, 2.05) is 38.1 Å². The molecule has 0 saturated carbocycles. The summed E-state index contributed by atoms with van der Waals surface area (Å²) in [5, 5.41) is 0. The Balaban J connectivity index is 1.75. The van der Waals surface area contributed by atoms with Crippen molar-refractivity contribution in [1.29, 1.82) is 0 Å². The van der Waals surface area contributed by atoms with Gasteiger partial charge in [-0.15, -0.1) is 11.8 Å². The van der Waals surface area contributed by atoms with Gasteiger partial charge in [0.05, 0.1) is 23.6 Å². The average molecular weight is 320 g/mol. The first-order valence-electron chi connectivity index (χ1n) is 7.50. The van der Waals surface area contributed by atoms with Crippen LogP contribution < -0.4 is 4.90 Å². The van der Waals surface area contributed by atoms with Gasteiger partial charge in [0.1, 0.15) is 6.54 Å². The highest BCUT2D eigenvalue weighted by Gasteiger charge is 2.31. The minimum atomic E-state index is -0.0166. The van der Waals surface area contributed by atoms with E-state index in [0.717, 1.165) is 10.6 Å². The molecule has 0 N–H and O–H groups in total. The van der Waals surface area contributed by atoms with Gasteiger partial charge in [-0.1, -0.05) is 12.1 Å². The standard InChI is InChI=1S/C16H20N2O3S/c1-11-7-17(8-12(2)21-11)15(19)9-18-13-5-3-4-6-14(13)22-10-16(18)20/h3-6,11-12H,7-10H2,1-2H3/t11-,12+. The van der Waals surface area contributed by atoms with Gasteiger partial charge in [-0.05, 0) is 26.0 Å². The number of carbonyl (C=O) groups excluding carboxylic acids is 2. The van der Waals surface area contributed by atoms with E-state index in [1.165, 1.54) is 11.8 Å². The molecular formula is C16H20N2O3S. The van der Waals surface area contributed by atoms with Crippen LogP contribution in [-0.2, 0) is 14.3 Å². The second-order valence-corrected chi connectivity index (χ2v) is 6.81. The Kier molecular flexibility index (Phi) is 4.40. The molecule has 2 heterocycles. The van der Waals surface area contributed by atoms with Crippen molar-refractivity contribution < 1.29 is 14.3 Å². The summed E-state index contributed by atoms with van der Waals surface area (Å²) in [6.07, 6.45) is 0.0696. The van der Waals surface area contributed by atoms with Crippen LogP contribution in [0.15, 0.2) is 29.2 Å². The molecule has 6 heteroatoms. The van der Waals surface area contributed by atoms with E-state index in [2.05, 4.69) is 0 Å². The first-order chi connectivity index (χ1) is 10.5. The van der Waals surface area contributed by atoms with Crippen LogP contribution in [0.3, 0.4) is 0 Å². The fraction of sp³-hybridized carbons (Fsp3) is 0.500. The number of benzene rings is 1. The predicted molar refractivity (Wildman–Crippen MR) is 86.1 cm³/mol. The Morgan fingerprint density at radius 1 is 1.27 bits per heavy atom. The summed E-state index contributed by atoms with van der Waals surface area (Å²) < 4.78 is 5.66. The number of rotatable bonds is 2. The van der Waals surface area contributed by atoms with Crippen LogP contribution in [0.2, 0.25) is 0 Å². The van der Waals surface area contributed by atoms with Gasteiger partial charge in [-0.3, -0.25) is 9.59 Å². The van der Waals surface area contributed by atoms with Crippen LogP contribution in [0, 0.1) is 0 Å². The summed E-state index contributed by atoms with van der Waals surface area (Å²) in [7, 11) is 0. The second-order valence-electron chi connectivity index (χ2n) is 5.79. The van der Waals surface area contributed by atoms with E-state index in [1.54, 1.807) is 9.80 Å². The fourth-order valence-electron chi connectivity index (χ4n) is 2.94. The quantitative estimate of drug-likeness (QED) is 0.833. The van der Waals surface area contributed by atoms with Crippen molar-refractivity contribution in [1.82, 2.24) is 4.90 Å². The smallest absolute Gasteiger partial charge is 0.242 e. The lowest BCUT2D eigenvalue weighted by Gasteiger charge is -2.37. The average Bonchev–Trinajstić information content (AvgIpc) is 2.49. The van der Waals surface area contributed by atoms with Crippen molar-refractivity contribution in [2.45, 2.75) is 31.0 Å². The van der Waals surface area contributed by atoms with Gasteiger partial charge in [0.2, 0.25) is 11.8 Å². The van der Waals surface area contributed by atoms with Crippen molar-refractivity contribution in [2.75, 3.05) is 30.3 Å². The molecule has 0 unspecified atom stereocenters. The third-order valence-corrected chi connectivity index (χ3v) is 4.92. The Labute approximate surface area is 134 Å². The molecule has 0 radical (unpaired) electrons. The number of hydrogen-bond donors (Lipinski definition) is 0. The third kappa shape index (κ3) is 3.13. The van der Waals surface area contributed by atoms with Crippen LogP contribution in [0.5, 0.6) is 0 Å². The van der Waals surface area contributed by atoms with Crippen LogP contribution in [0.4, 0.5) is 5.69 Å². The first-order valence-corrected chi connectivity index (χ1v) is 8.48. The Morgan fingerprint density at radius 3 is 2.68 bits per heavy atom. The molecule has 0 aromatic heterocycles. The minimum Gasteiger partial charge on any atom is -0.372 e. The molecule has 1 aromatic rings. The zero-order valence-corrected chi connectivity index (χ0v) is 13.6. The van der Waals surface area contributed by atoms with Gasteiger partial charge in [0.25, 0.3) is 0 Å². The number of fused-ring (bicyclic) bond motifs is 1. The molecule has 3 rings (SSSR count). The molecule has 2 aliphatic rings. The third-order valence-electron chi connectivity index (χ3n) is 3.87. The lowest BCUT2D eigenvalue weighted by atomic mass is 10.2. The van der Waals surface area contributed by atoms with Crippen molar-refractivity contribution in [3.05, 3.63) is 24.3 Å². The summed E-state index contributed by atoms with van der Waals surface area (Å²) in [6, 6.07) is 7.74. The summed E-state index contributed by atoms with van der Waals surface area (Å²) in [5.41, 5.74) is 0.839. The second kappa shape index (κ2) is 6.30. The van der Waals surface area contributed by atoms with Crippen molar-refractivity contribution in [3.63, 3.8) is 0 Å². The van der Waals surface area contributed by atoms with Crippen LogP contribution >= 0.6 is 11.8 Å². The lowest BCUT2D eigenvalue weighted by Crippen LogP contribution is -2.52. The lowest BCUT2D eigenvalue weighted by molar-refractivity contribution is -0.142. The highest BCUT2D eigenvalue weighted by Crippen LogP contribution is 2.34. The Morgan fingerprint density at radius 2 is 1.95 bits per heavy atom. The van der Waals surface area contributed by atoms with E-state index >= 15 is 0 Å². The molecule has 118 valence electrons. The maximum absolute atomic E-state index is 12.6. The molecule has 1 fully saturated rings. The summed E-state index contributed by atoms with van der Waals surface area (Å²) >= 11 is 1.53. The van der Waals surface area contributed by atoms with E-state index in [-0.39, 0.29) is 30.6 Å². The predicted octanol–water partition coefficient (Wildman–Crippen LogP) is 1.76. The summed E-state index contributed by atoms with van der Waals surface area (Å²) in [5.74, 6) is 0.365. The highest BCUT2D eigenvalue weighted by molar-refractivity contribution is 8.00. The molecule has 2 amide bonds. The molecule has 2 aliphatic heterocycles. The van der Waals surface area contributed by atoms with Gasteiger partial charge in [-0.2, -0.15) is 0 Å². The zero-order chi connectivity index (χ0) is 15.7. The van der Waals surface area contributed by atoms with Crippen LogP contribution in [0.25, 0.3) is 0 Å². The number of morpholine rings is 1.